The highest BCUT2D eigenvalue weighted by molar-refractivity contribution is 7.89. The van der Waals surface area contributed by atoms with Crippen molar-refractivity contribution in [3.05, 3.63) is 93.5 Å². The van der Waals surface area contributed by atoms with Crippen molar-refractivity contribution in [1.82, 2.24) is 4.31 Å². The van der Waals surface area contributed by atoms with Gasteiger partial charge in [0.2, 0.25) is 15.9 Å². The molecule has 0 radical (unpaired) electrons. The molecule has 0 unspecified atom stereocenters. The summed E-state index contributed by atoms with van der Waals surface area (Å²) < 4.78 is 28.1. The highest BCUT2D eigenvalue weighted by atomic mass is 35.5. The van der Waals surface area contributed by atoms with E-state index in [0.717, 1.165) is 27.4 Å². The van der Waals surface area contributed by atoms with E-state index in [9.17, 15) is 13.2 Å². The van der Waals surface area contributed by atoms with E-state index in [2.05, 4.69) is 5.32 Å². The Bertz CT molecular complexity index is 1220. The Morgan fingerprint density at radius 3 is 2.41 bits per heavy atom. The number of hydrogen-bond donors (Lipinski definition) is 1. The van der Waals surface area contributed by atoms with Gasteiger partial charge in [-0.25, -0.2) is 8.42 Å². The van der Waals surface area contributed by atoms with Crippen molar-refractivity contribution in [2.24, 2.45) is 0 Å². The summed E-state index contributed by atoms with van der Waals surface area (Å²) >= 11 is 12.2. The fourth-order valence-corrected chi connectivity index (χ4v) is 5.49. The van der Waals surface area contributed by atoms with Gasteiger partial charge in [0, 0.05) is 17.3 Å². The smallest absolute Gasteiger partial charge is 0.245 e. The topological polar surface area (TPSA) is 66.5 Å². The van der Waals surface area contributed by atoms with Crippen molar-refractivity contribution >= 4 is 44.8 Å². The van der Waals surface area contributed by atoms with Crippen molar-refractivity contribution in [2.45, 2.75) is 31.7 Å². The van der Waals surface area contributed by atoms with Crippen LogP contribution in [0, 0.1) is 6.92 Å². The second kappa shape index (κ2) is 10.5. The lowest BCUT2D eigenvalue weighted by molar-refractivity contribution is -0.116. The van der Waals surface area contributed by atoms with Crippen molar-refractivity contribution in [3.63, 3.8) is 0 Å². The lowest BCUT2D eigenvalue weighted by atomic mass is 10.1. The van der Waals surface area contributed by atoms with Crippen LogP contribution >= 0.6 is 23.2 Å². The first-order chi connectivity index (χ1) is 15.2. The number of anilines is 1. The zero-order chi connectivity index (χ0) is 23.3. The van der Waals surface area contributed by atoms with E-state index in [0.29, 0.717) is 5.69 Å². The number of carbonyl (C=O) groups is 1. The number of nitrogens with zero attached hydrogens (tertiary/aromatic N) is 1. The quantitative estimate of drug-likeness (QED) is 0.440. The Balaban J connectivity index is 1.95. The molecule has 0 aromatic heterocycles. The van der Waals surface area contributed by atoms with Crippen LogP contribution < -0.4 is 5.32 Å². The van der Waals surface area contributed by atoms with Crippen LogP contribution in [-0.2, 0) is 27.8 Å². The van der Waals surface area contributed by atoms with Crippen LogP contribution in [0.1, 0.15) is 23.6 Å². The molecule has 3 aromatic rings. The number of halogens is 2. The second-order valence-electron chi connectivity index (χ2n) is 7.34. The number of para-hydroxylation sites is 1. The van der Waals surface area contributed by atoms with E-state index in [4.69, 9.17) is 23.2 Å². The Labute approximate surface area is 199 Å². The van der Waals surface area contributed by atoms with Crippen molar-refractivity contribution in [2.75, 3.05) is 11.9 Å². The number of carbonyl (C=O) groups excluding carboxylic acids is 1. The van der Waals surface area contributed by atoms with Crippen molar-refractivity contribution in [1.29, 1.82) is 0 Å². The zero-order valence-corrected chi connectivity index (χ0v) is 20.1. The number of nitrogens with one attached hydrogen (secondary N) is 1. The minimum Gasteiger partial charge on any atom is -0.324 e. The van der Waals surface area contributed by atoms with Crippen LogP contribution in [0.15, 0.2) is 71.6 Å². The van der Waals surface area contributed by atoms with E-state index >= 15 is 0 Å². The van der Waals surface area contributed by atoms with Gasteiger partial charge in [0.1, 0.15) is 4.90 Å². The van der Waals surface area contributed by atoms with E-state index in [1.165, 1.54) is 18.2 Å². The summed E-state index contributed by atoms with van der Waals surface area (Å²) in [6, 6.07) is 19.1. The first-order valence-electron chi connectivity index (χ1n) is 10.1. The molecule has 0 saturated heterocycles. The fourth-order valence-electron chi connectivity index (χ4n) is 3.37. The van der Waals surface area contributed by atoms with Crippen molar-refractivity contribution < 1.29 is 13.2 Å². The Hall–Kier alpha value is -2.38. The van der Waals surface area contributed by atoms with Gasteiger partial charge in [-0.15, -0.1) is 0 Å². The summed E-state index contributed by atoms with van der Waals surface area (Å²) in [7, 11) is -4.11. The average molecular weight is 491 g/mol. The maximum Gasteiger partial charge on any atom is 0.245 e. The number of aryl methyl sites for hydroxylation is 2. The van der Waals surface area contributed by atoms with Crippen LogP contribution in [-0.4, -0.2) is 25.2 Å². The summed E-state index contributed by atoms with van der Waals surface area (Å²) in [4.78, 5) is 12.8. The SMILES string of the molecule is CCc1cccc(C)c1NC(=O)CN(Cc1ccccc1)S(=O)(=O)c1cc(Cl)ccc1Cl. The summed E-state index contributed by atoms with van der Waals surface area (Å²) in [6.07, 6.45) is 0.738. The Morgan fingerprint density at radius 2 is 1.72 bits per heavy atom. The Kier molecular flexibility index (Phi) is 7.96. The van der Waals surface area contributed by atoms with Gasteiger partial charge in [-0.05, 0) is 48.2 Å². The van der Waals surface area contributed by atoms with Gasteiger partial charge in [-0.2, -0.15) is 4.31 Å². The van der Waals surface area contributed by atoms with Gasteiger partial charge in [-0.3, -0.25) is 4.79 Å². The number of benzene rings is 3. The third kappa shape index (κ3) is 5.70. The summed E-state index contributed by atoms with van der Waals surface area (Å²) in [5.41, 5.74) is 3.34. The maximum absolute atomic E-state index is 13.5. The molecule has 0 aliphatic carbocycles. The van der Waals surface area contributed by atoms with Gasteiger partial charge >= 0.3 is 0 Å². The number of sulfonamides is 1. The third-order valence-electron chi connectivity index (χ3n) is 5.04. The molecule has 1 N–H and O–H groups in total. The highest BCUT2D eigenvalue weighted by Crippen LogP contribution is 2.29. The highest BCUT2D eigenvalue weighted by Gasteiger charge is 2.29. The molecule has 0 fully saturated rings. The van der Waals surface area contributed by atoms with E-state index in [1.54, 1.807) is 12.1 Å². The summed E-state index contributed by atoms with van der Waals surface area (Å²) in [5, 5.41) is 3.17. The number of hydrogen-bond acceptors (Lipinski definition) is 3. The minimum atomic E-state index is -4.11. The maximum atomic E-state index is 13.5. The predicted octanol–water partition coefficient (Wildman–Crippen LogP) is 5.69. The lowest BCUT2D eigenvalue weighted by Gasteiger charge is -2.23. The first-order valence-corrected chi connectivity index (χ1v) is 12.3. The molecular weight excluding hydrogens is 467 g/mol. The molecular formula is C24H24Cl2N2O3S. The summed E-state index contributed by atoms with van der Waals surface area (Å²) in [5.74, 6) is -0.438. The molecule has 8 heteroatoms. The lowest BCUT2D eigenvalue weighted by Crippen LogP contribution is -2.38. The van der Waals surface area contributed by atoms with Gasteiger partial charge in [0.05, 0.1) is 11.6 Å². The molecule has 0 aliphatic rings. The molecule has 0 heterocycles. The monoisotopic (exact) mass is 490 g/mol. The number of rotatable bonds is 8. The van der Waals surface area contributed by atoms with Crippen LogP contribution in [0.4, 0.5) is 5.69 Å². The van der Waals surface area contributed by atoms with Gasteiger partial charge < -0.3 is 5.32 Å². The minimum absolute atomic E-state index is 0.00778. The van der Waals surface area contributed by atoms with Crippen LogP contribution in [0.2, 0.25) is 10.0 Å². The molecule has 0 atom stereocenters. The van der Waals surface area contributed by atoms with E-state index in [1.807, 2.05) is 50.2 Å². The van der Waals surface area contributed by atoms with Crippen LogP contribution in [0.25, 0.3) is 0 Å². The van der Waals surface area contributed by atoms with Crippen LogP contribution in [0.5, 0.6) is 0 Å². The second-order valence-corrected chi connectivity index (χ2v) is 10.1. The standard InChI is InChI=1S/C24H24Cl2N2O3S/c1-3-19-11-7-8-17(2)24(19)27-23(29)16-28(15-18-9-5-4-6-10-18)32(30,31)22-14-20(25)12-13-21(22)26/h4-14H,3,15-16H2,1-2H3,(H,27,29). The Morgan fingerprint density at radius 1 is 1.00 bits per heavy atom. The predicted molar refractivity (Wildman–Crippen MR) is 130 cm³/mol. The van der Waals surface area contributed by atoms with Gasteiger partial charge in [0.25, 0.3) is 0 Å². The molecule has 1 amide bonds. The molecule has 0 spiro atoms. The van der Waals surface area contributed by atoms with Gasteiger partial charge in [-0.1, -0.05) is 78.7 Å². The first kappa shape index (κ1) is 24.3. The molecule has 0 bridgehead atoms. The summed E-state index contributed by atoms with van der Waals surface area (Å²) in [6.45, 7) is 3.53. The molecule has 32 heavy (non-hydrogen) atoms. The average Bonchev–Trinajstić information content (AvgIpc) is 2.77. The molecule has 0 saturated carbocycles. The number of amides is 1. The molecule has 3 aromatic carbocycles. The van der Waals surface area contributed by atoms with Crippen molar-refractivity contribution in [3.8, 4) is 0 Å². The van der Waals surface area contributed by atoms with E-state index in [-0.39, 0.29) is 28.0 Å². The zero-order valence-electron chi connectivity index (χ0n) is 17.8. The van der Waals surface area contributed by atoms with E-state index < -0.39 is 15.9 Å². The van der Waals surface area contributed by atoms with Crippen LogP contribution in [0.3, 0.4) is 0 Å². The van der Waals surface area contributed by atoms with Gasteiger partial charge in [0.15, 0.2) is 0 Å². The molecule has 3 rings (SSSR count). The third-order valence-corrected chi connectivity index (χ3v) is 7.55. The normalized spacial score (nSPS) is 11.5. The molecule has 5 nitrogen and oxygen atoms in total. The molecule has 168 valence electrons. The molecule has 0 aliphatic heterocycles. The fraction of sp³-hybridized carbons (Fsp3) is 0.208. The largest absolute Gasteiger partial charge is 0.324 e.